The lowest BCUT2D eigenvalue weighted by Gasteiger charge is -2.10. The number of benzene rings is 1. The summed E-state index contributed by atoms with van der Waals surface area (Å²) in [6, 6.07) is 7.52. The number of hydrogen-bond donors (Lipinski definition) is 2. The number of H-pyrrole nitrogens is 1. The van der Waals surface area contributed by atoms with Crippen molar-refractivity contribution >= 4 is 32.9 Å². The number of fused-ring (bicyclic) bond motifs is 1. The fourth-order valence-electron chi connectivity index (χ4n) is 2.21. The Bertz CT molecular complexity index is 845. The Labute approximate surface area is 127 Å². The average Bonchev–Trinajstić information content (AvgIpc) is 2.90. The summed E-state index contributed by atoms with van der Waals surface area (Å²) in [5.41, 5.74) is 1.79. The molecular formula is C14H10BrN3O3. The van der Waals surface area contributed by atoms with Gasteiger partial charge in [-0.25, -0.2) is 9.78 Å². The van der Waals surface area contributed by atoms with Gasteiger partial charge in [-0.3, -0.25) is 5.10 Å². The molecule has 0 aliphatic rings. The van der Waals surface area contributed by atoms with Gasteiger partial charge in [-0.05, 0) is 17.7 Å². The van der Waals surface area contributed by atoms with E-state index in [0.717, 1.165) is 10.0 Å². The fourth-order valence-corrected chi connectivity index (χ4v) is 2.61. The molecule has 106 valence electrons. The van der Waals surface area contributed by atoms with E-state index in [9.17, 15) is 9.90 Å². The molecule has 0 spiro atoms. The molecular weight excluding hydrogens is 338 g/mol. The molecule has 21 heavy (non-hydrogen) atoms. The molecule has 2 N–H and O–H groups in total. The van der Waals surface area contributed by atoms with E-state index in [2.05, 4.69) is 31.1 Å². The van der Waals surface area contributed by atoms with Crippen molar-refractivity contribution in [3.8, 4) is 16.9 Å². The number of aromatic amines is 1. The standard InChI is InChI=1S/C14H10BrN3O3/c1-21-9-6-16-13-11(12(14(19)20)17-18-13)10(9)7-3-2-4-8(15)5-7/h2-6H,1H3,(H,19,20)(H,16,17,18). The zero-order valence-electron chi connectivity index (χ0n) is 10.9. The number of carboxylic acid groups (broad SMARTS) is 1. The van der Waals surface area contributed by atoms with Crippen molar-refractivity contribution in [3.63, 3.8) is 0 Å². The maximum Gasteiger partial charge on any atom is 0.354 e. The van der Waals surface area contributed by atoms with E-state index in [1.807, 2.05) is 24.3 Å². The second-order valence-electron chi connectivity index (χ2n) is 4.31. The first-order chi connectivity index (χ1) is 10.1. The third kappa shape index (κ3) is 2.25. The monoisotopic (exact) mass is 347 g/mol. The minimum absolute atomic E-state index is 0.00799. The number of aromatic nitrogens is 3. The van der Waals surface area contributed by atoms with Gasteiger partial charge in [0, 0.05) is 10.0 Å². The Kier molecular flexibility index (Phi) is 3.34. The topological polar surface area (TPSA) is 88.1 Å². The van der Waals surface area contributed by atoms with E-state index in [-0.39, 0.29) is 5.69 Å². The van der Waals surface area contributed by atoms with E-state index >= 15 is 0 Å². The predicted molar refractivity (Wildman–Crippen MR) is 80.5 cm³/mol. The summed E-state index contributed by atoms with van der Waals surface area (Å²) in [6.45, 7) is 0. The quantitative estimate of drug-likeness (QED) is 0.759. The first-order valence-electron chi connectivity index (χ1n) is 6.02. The minimum Gasteiger partial charge on any atom is -0.494 e. The highest BCUT2D eigenvalue weighted by Gasteiger charge is 2.21. The summed E-state index contributed by atoms with van der Waals surface area (Å²) in [7, 11) is 1.52. The Morgan fingerprint density at radius 2 is 2.24 bits per heavy atom. The van der Waals surface area contributed by atoms with E-state index in [4.69, 9.17) is 4.74 Å². The molecule has 0 saturated carbocycles. The largest absolute Gasteiger partial charge is 0.494 e. The number of carboxylic acids is 1. The number of ether oxygens (including phenoxy) is 1. The number of carbonyl (C=O) groups is 1. The minimum atomic E-state index is -1.09. The van der Waals surface area contributed by atoms with Crippen molar-refractivity contribution in [1.82, 2.24) is 15.2 Å². The van der Waals surface area contributed by atoms with Crippen LogP contribution in [0, 0.1) is 0 Å². The lowest BCUT2D eigenvalue weighted by molar-refractivity contribution is 0.0692. The second kappa shape index (κ2) is 5.17. The predicted octanol–water partition coefficient (Wildman–Crippen LogP) is 3.09. The van der Waals surface area contributed by atoms with E-state index < -0.39 is 5.97 Å². The van der Waals surface area contributed by atoms with E-state index in [1.54, 1.807) is 0 Å². The highest BCUT2D eigenvalue weighted by Crippen LogP contribution is 2.37. The molecule has 1 aromatic carbocycles. The summed E-state index contributed by atoms with van der Waals surface area (Å²) in [6.07, 6.45) is 1.53. The Balaban J connectivity index is 2.42. The number of nitrogens with one attached hydrogen (secondary N) is 1. The number of rotatable bonds is 3. The molecule has 0 atom stereocenters. The molecule has 0 saturated heterocycles. The lowest BCUT2D eigenvalue weighted by atomic mass is 10.0. The number of hydrogen-bond acceptors (Lipinski definition) is 4. The van der Waals surface area contributed by atoms with Gasteiger partial charge in [0.15, 0.2) is 11.3 Å². The highest BCUT2D eigenvalue weighted by atomic mass is 79.9. The molecule has 3 aromatic rings. The van der Waals surface area contributed by atoms with Crippen LogP contribution in [0.15, 0.2) is 34.9 Å². The summed E-state index contributed by atoms with van der Waals surface area (Å²) in [5, 5.41) is 16.2. The van der Waals surface area contributed by atoms with Crippen LogP contribution in [-0.2, 0) is 0 Å². The van der Waals surface area contributed by atoms with E-state index in [0.29, 0.717) is 22.3 Å². The van der Waals surface area contributed by atoms with Crippen LogP contribution in [0.4, 0.5) is 0 Å². The van der Waals surface area contributed by atoms with Crippen LogP contribution >= 0.6 is 15.9 Å². The summed E-state index contributed by atoms with van der Waals surface area (Å²) in [5.74, 6) is -0.603. The number of halogens is 1. The lowest BCUT2D eigenvalue weighted by Crippen LogP contribution is -1.99. The van der Waals surface area contributed by atoms with Crippen LogP contribution in [0.25, 0.3) is 22.2 Å². The maximum absolute atomic E-state index is 11.4. The van der Waals surface area contributed by atoms with Crippen molar-refractivity contribution < 1.29 is 14.6 Å². The van der Waals surface area contributed by atoms with Crippen LogP contribution in [0.3, 0.4) is 0 Å². The number of aromatic carboxylic acids is 1. The van der Waals surface area contributed by atoms with Gasteiger partial charge in [-0.1, -0.05) is 28.1 Å². The van der Waals surface area contributed by atoms with Gasteiger partial charge in [-0.2, -0.15) is 5.10 Å². The van der Waals surface area contributed by atoms with Crippen LogP contribution in [0.2, 0.25) is 0 Å². The SMILES string of the molecule is COc1cnc2n[nH]c(C(=O)O)c2c1-c1cccc(Br)c1. The van der Waals surface area contributed by atoms with Crippen molar-refractivity contribution in [2.45, 2.75) is 0 Å². The van der Waals surface area contributed by atoms with Crippen LogP contribution in [-0.4, -0.2) is 33.4 Å². The van der Waals surface area contributed by atoms with Gasteiger partial charge >= 0.3 is 5.97 Å². The Morgan fingerprint density at radius 3 is 2.90 bits per heavy atom. The van der Waals surface area contributed by atoms with Gasteiger partial charge in [-0.15, -0.1) is 0 Å². The Morgan fingerprint density at radius 1 is 1.43 bits per heavy atom. The zero-order chi connectivity index (χ0) is 15.0. The molecule has 6 nitrogen and oxygen atoms in total. The molecule has 0 aliphatic heterocycles. The first kappa shape index (κ1) is 13.6. The summed E-state index contributed by atoms with van der Waals surface area (Å²) < 4.78 is 6.22. The van der Waals surface area contributed by atoms with Crippen molar-refractivity contribution in [2.75, 3.05) is 7.11 Å². The van der Waals surface area contributed by atoms with Crippen LogP contribution in [0.1, 0.15) is 10.5 Å². The van der Waals surface area contributed by atoms with E-state index in [1.165, 1.54) is 13.3 Å². The molecule has 0 amide bonds. The van der Waals surface area contributed by atoms with Gasteiger partial charge in [0.25, 0.3) is 0 Å². The van der Waals surface area contributed by atoms with Gasteiger partial charge in [0.1, 0.15) is 5.75 Å². The smallest absolute Gasteiger partial charge is 0.354 e. The van der Waals surface area contributed by atoms with Crippen molar-refractivity contribution in [1.29, 1.82) is 0 Å². The molecule has 2 aromatic heterocycles. The first-order valence-corrected chi connectivity index (χ1v) is 6.81. The van der Waals surface area contributed by atoms with Crippen LogP contribution < -0.4 is 4.74 Å². The Hall–Kier alpha value is -2.41. The highest BCUT2D eigenvalue weighted by molar-refractivity contribution is 9.10. The molecule has 3 rings (SSSR count). The molecule has 7 heteroatoms. The number of pyridine rings is 1. The summed E-state index contributed by atoms with van der Waals surface area (Å²) >= 11 is 3.41. The number of nitrogens with zero attached hydrogens (tertiary/aromatic N) is 2. The molecule has 2 heterocycles. The molecule has 0 aliphatic carbocycles. The summed E-state index contributed by atoms with van der Waals surface area (Å²) in [4.78, 5) is 15.5. The van der Waals surface area contributed by atoms with Crippen LogP contribution in [0.5, 0.6) is 5.75 Å². The van der Waals surface area contributed by atoms with Crippen molar-refractivity contribution in [2.24, 2.45) is 0 Å². The maximum atomic E-state index is 11.4. The number of methoxy groups -OCH3 is 1. The molecule has 0 unspecified atom stereocenters. The average molecular weight is 348 g/mol. The van der Waals surface area contributed by atoms with Crippen molar-refractivity contribution in [3.05, 3.63) is 40.6 Å². The van der Waals surface area contributed by atoms with Gasteiger partial charge in [0.2, 0.25) is 0 Å². The molecule has 0 radical (unpaired) electrons. The normalized spacial score (nSPS) is 10.8. The third-order valence-electron chi connectivity index (χ3n) is 3.09. The zero-order valence-corrected chi connectivity index (χ0v) is 12.5. The second-order valence-corrected chi connectivity index (χ2v) is 5.23. The van der Waals surface area contributed by atoms with Gasteiger partial charge < -0.3 is 9.84 Å². The third-order valence-corrected chi connectivity index (χ3v) is 3.59. The fraction of sp³-hybridized carbons (Fsp3) is 0.0714. The molecule has 0 bridgehead atoms. The van der Waals surface area contributed by atoms with Gasteiger partial charge in [0.05, 0.1) is 18.7 Å². The molecule has 0 fully saturated rings.